The molecule has 2 heterocycles. The molecule has 0 aliphatic carbocycles. The summed E-state index contributed by atoms with van der Waals surface area (Å²) in [5, 5.41) is 9.11. The fraction of sp³-hybridized carbons (Fsp3) is 0.474. The molecule has 0 fully saturated rings. The average molecular weight is 307 g/mol. The number of imidazole rings is 1. The average Bonchev–Trinajstić information content (AvgIpc) is 2.95. The number of hydrogen-bond donors (Lipinski definition) is 0. The van der Waals surface area contributed by atoms with Gasteiger partial charge in [0, 0.05) is 19.6 Å². The molecular formula is C19H21N3O. The van der Waals surface area contributed by atoms with Crippen LogP contribution in [-0.2, 0) is 11.3 Å². The Kier molecular flexibility index (Phi) is 4.65. The number of hydrogen-bond acceptors (Lipinski definition) is 3. The summed E-state index contributed by atoms with van der Waals surface area (Å²) in [6, 6.07) is 7.86. The molecule has 1 aromatic heterocycles. The van der Waals surface area contributed by atoms with Gasteiger partial charge in [0.15, 0.2) is 0 Å². The Morgan fingerprint density at radius 3 is 3.17 bits per heavy atom. The van der Waals surface area contributed by atoms with Crippen LogP contribution in [0.25, 0.3) is 11.0 Å². The third-order valence-electron chi connectivity index (χ3n) is 4.53. The predicted octanol–water partition coefficient (Wildman–Crippen LogP) is 3.51. The quantitative estimate of drug-likeness (QED) is 0.798. The van der Waals surface area contributed by atoms with E-state index in [-0.39, 0.29) is 5.41 Å². The topological polar surface area (TPSA) is 50.8 Å². The highest BCUT2D eigenvalue weighted by Gasteiger charge is 2.25. The molecule has 0 N–H and O–H groups in total. The molecule has 1 aliphatic heterocycles. The first-order valence-corrected chi connectivity index (χ1v) is 8.09. The maximum absolute atomic E-state index is 9.11. The summed E-state index contributed by atoms with van der Waals surface area (Å²) in [6.45, 7) is 4.47. The number of benzene rings is 1. The Morgan fingerprint density at radius 1 is 1.39 bits per heavy atom. The maximum Gasteiger partial charge on any atom is 0.107 e. The van der Waals surface area contributed by atoms with Gasteiger partial charge in [-0.2, -0.15) is 5.26 Å². The van der Waals surface area contributed by atoms with Crippen LogP contribution in [0.15, 0.2) is 24.5 Å². The Labute approximate surface area is 137 Å². The van der Waals surface area contributed by atoms with Gasteiger partial charge < -0.3 is 9.30 Å². The first-order chi connectivity index (χ1) is 11.2. The number of ether oxygens (including phenoxy) is 1. The summed E-state index contributed by atoms with van der Waals surface area (Å²) in [5.41, 5.74) is 2.79. The second-order valence-electron chi connectivity index (χ2n) is 6.51. The van der Waals surface area contributed by atoms with Crippen molar-refractivity contribution in [2.75, 3.05) is 13.2 Å². The molecule has 0 spiro atoms. The molecule has 3 rings (SSSR count). The summed E-state index contributed by atoms with van der Waals surface area (Å²) >= 11 is 0. The fourth-order valence-corrected chi connectivity index (χ4v) is 3.13. The van der Waals surface area contributed by atoms with Gasteiger partial charge in [-0.15, -0.1) is 5.92 Å². The molecule has 0 saturated carbocycles. The lowest BCUT2D eigenvalue weighted by Crippen LogP contribution is -2.25. The van der Waals surface area contributed by atoms with Gasteiger partial charge in [-0.3, -0.25) is 0 Å². The zero-order valence-corrected chi connectivity index (χ0v) is 13.5. The normalized spacial score (nSPS) is 22.1. The van der Waals surface area contributed by atoms with Gasteiger partial charge >= 0.3 is 0 Å². The number of nitrogens with zero attached hydrogens (tertiary/aromatic N) is 3. The van der Waals surface area contributed by atoms with Gasteiger partial charge in [0.2, 0.25) is 0 Å². The Morgan fingerprint density at radius 2 is 2.30 bits per heavy atom. The van der Waals surface area contributed by atoms with E-state index in [0.717, 1.165) is 49.9 Å². The molecule has 0 amide bonds. The molecule has 1 atom stereocenters. The molecule has 1 aromatic carbocycles. The van der Waals surface area contributed by atoms with E-state index in [0.29, 0.717) is 12.2 Å². The highest BCUT2D eigenvalue weighted by molar-refractivity contribution is 5.76. The minimum atomic E-state index is 0.148. The molecule has 118 valence electrons. The molecule has 4 nitrogen and oxygen atoms in total. The minimum absolute atomic E-state index is 0.148. The van der Waals surface area contributed by atoms with Crippen molar-refractivity contribution in [2.45, 2.75) is 39.2 Å². The van der Waals surface area contributed by atoms with E-state index < -0.39 is 0 Å². The molecule has 0 bridgehead atoms. The van der Waals surface area contributed by atoms with Crippen molar-refractivity contribution >= 4 is 11.0 Å². The van der Waals surface area contributed by atoms with Gasteiger partial charge in [-0.1, -0.05) is 12.8 Å². The van der Waals surface area contributed by atoms with Gasteiger partial charge in [-0.25, -0.2) is 4.98 Å². The number of nitriles is 1. The third-order valence-corrected chi connectivity index (χ3v) is 4.53. The molecular weight excluding hydrogens is 286 g/mol. The van der Waals surface area contributed by atoms with Crippen molar-refractivity contribution < 1.29 is 4.74 Å². The minimum Gasteiger partial charge on any atom is -0.369 e. The monoisotopic (exact) mass is 307 g/mol. The zero-order valence-electron chi connectivity index (χ0n) is 13.5. The molecule has 0 radical (unpaired) electrons. The summed E-state index contributed by atoms with van der Waals surface area (Å²) in [7, 11) is 0. The largest absolute Gasteiger partial charge is 0.369 e. The molecule has 23 heavy (non-hydrogen) atoms. The number of fused-ring (bicyclic) bond motifs is 1. The van der Waals surface area contributed by atoms with Crippen LogP contribution in [0.2, 0.25) is 0 Å². The Hall–Kier alpha value is -2.30. The van der Waals surface area contributed by atoms with Crippen LogP contribution in [-0.4, -0.2) is 22.8 Å². The highest BCUT2D eigenvalue weighted by Crippen LogP contribution is 2.32. The summed E-state index contributed by atoms with van der Waals surface area (Å²) in [4.78, 5) is 4.47. The lowest BCUT2D eigenvalue weighted by Gasteiger charge is -2.30. The fourth-order valence-electron chi connectivity index (χ4n) is 3.13. The van der Waals surface area contributed by atoms with Crippen molar-refractivity contribution in [2.24, 2.45) is 5.41 Å². The van der Waals surface area contributed by atoms with Gasteiger partial charge in [0.25, 0.3) is 0 Å². The first-order valence-electron chi connectivity index (χ1n) is 8.09. The van der Waals surface area contributed by atoms with Crippen LogP contribution >= 0.6 is 0 Å². The van der Waals surface area contributed by atoms with E-state index in [1.165, 1.54) is 0 Å². The van der Waals surface area contributed by atoms with Crippen molar-refractivity contribution in [1.82, 2.24) is 9.55 Å². The molecule has 1 aliphatic rings. The van der Waals surface area contributed by atoms with Crippen LogP contribution in [0.5, 0.6) is 0 Å². The second-order valence-corrected chi connectivity index (χ2v) is 6.51. The molecule has 0 saturated heterocycles. The van der Waals surface area contributed by atoms with E-state index in [2.05, 4.69) is 34.4 Å². The van der Waals surface area contributed by atoms with E-state index in [1.54, 1.807) is 0 Å². The summed E-state index contributed by atoms with van der Waals surface area (Å²) in [5.74, 6) is 6.21. The van der Waals surface area contributed by atoms with Crippen LogP contribution in [0.4, 0.5) is 0 Å². The van der Waals surface area contributed by atoms with Crippen LogP contribution in [0.3, 0.4) is 0 Å². The Bertz CT molecular complexity index is 790. The lowest BCUT2D eigenvalue weighted by molar-refractivity contribution is 0.107. The summed E-state index contributed by atoms with van der Waals surface area (Å²) < 4.78 is 7.78. The van der Waals surface area contributed by atoms with Crippen molar-refractivity contribution in [3.63, 3.8) is 0 Å². The smallest absolute Gasteiger partial charge is 0.107 e. The lowest BCUT2D eigenvalue weighted by atomic mass is 9.81. The standard InChI is InChI=1S/C19H21N3O/c1-19(8-4-2-3-5-10-23-11-9-19)14-22-15-21-17-7-6-16(13-20)12-18(17)22/h6-7,12,15H,2,4,8-11,14H2,1H3. The Balaban J connectivity index is 1.84. The van der Waals surface area contributed by atoms with Gasteiger partial charge in [0.1, 0.15) is 6.61 Å². The molecule has 2 aromatic rings. The van der Waals surface area contributed by atoms with E-state index in [1.807, 2.05) is 24.5 Å². The van der Waals surface area contributed by atoms with Crippen molar-refractivity contribution in [3.8, 4) is 17.9 Å². The summed E-state index contributed by atoms with van der Waals surface area (Å²) in [6.07, 6.45) is 6.05. The van der Waals surface area contributed by atoms with Gasteiger partial charge in [-0.05, 0) is 42.9 Å². The SMILES string of the molecule is CC1(Cn2cnc3ccc(C#N)cc32)CCCC#CCOCC1. The molecule has 4 heteroatoms. The van der Waals surface area contributed by atoms with E-state index in [9.17, 15) is 0 Å². The third kappa shape index (κ3) is 3.73. The number of aromatic nitrogens is 2. The van der Waals surface area contributed by atoms with Crippen LogP contribution in [0, 0.1) is 28.6 Å². The van der Waals surface area contributed by atoms with Gasteiger partial charge in [0.05, 0.1) is 29.0 Å². The highest BCUT2D eigenvalue weighted by atomic mass is 16.5. The first kappa shape index (κ1) is 15.6. The maximum atomic E-state index is 9.11. The van der Waals surface area contributed by atoms with Crippen LogP contribution in [0.1, 0.15) is 38.2 Å². The zero-order chi connectivity index (χ0) is 16.1. The predicted molar refractivity (Wildman–Crippen MR) is 89.6 cm³/mol. The van der Waals surface area contributed by atoms with Crippen LogP contribution < -0.4 is 0 Å². The van der Waals surface area contributed by atoms with E-state index >= 15 is 0 Å². The van der Waals surface area contributed by atoms with Crippen molar-refractivity contribution in [3.05, 3.63) is 30.1 Å². The second kappa shape index (κ2) is 6.86. The number of rotatable bonds is 2. The molecule has 1 unspecified atom stereocenters. The van der Waals surface area contributed by atoms with Crippen molar-refractivity contribution in [1.29, 1.82) is 5.26 Å². The van der Waals surface area contributed by atoms with E-state index in [4.69, 9.17) is 10.00 Å².